The van der Waals surface area contributed by atoms with Crippen LogP contribution in [0.15, 0.2) is 22.8 Å². The molecule has 0 spiro atoms. The normalized spacial score (nSPS) is 20.4. The third kappa shape index (κ3) is 3.45. The molecule has 3 aromatic rings. The Balaban J connectivity index is 1.43. The van der Waals surface area contributed by atoms with E-state index in [0.29, 0.717) is 23.0 Å². The molecule has 0 bridgehead atoms. The van der Waals surface area contributed by atoms with Crippen molar-refractivity contribution >= 4 is 34.5 Å². The van der Waals surface area contributed by atoms with Crippen LogP contribution in [0.3, 0.4) is 0 Å². The number of furan rings is 1. The molecule has 9 nitrogen and oxygen atoms in total. The van der Waals surface area contributed by atoms with Gasteiger partial charge in [0, 0.05) is 39.3 Å². The molecular weight excluding hydrogens is 418 g/mol. The number of halogens is 1. The van der Waals surface area contributed by atoms with Crippen LogP contribution >= 0.6 is 11.6 Å². The second-order valence-electron chi connectivity index (χ2n) is 8.34. The van der Waals surface area contributed by atoms with Crippen molar-refractivity contribution in [3.8, 4) is 5.88 Å². The number of nitrogens with one attached hydrogen (secondary N) is 1. The van der Waals surface area contributed by atoms with Crippen LogP contribution in [0.2, 0.25) is 5.15 Å². The predicted octanol–water partition coefficient (Wildman–Crippen LogP) is 2.74. The van der Waals surface area contributed by atoms with Gasteiger partial charge in [0.15, 0.2) is 27.7 Å². The Morgan fingerprint density at radius 2 is 1.81 bits per heavy atom. The van der Waals surface area contributed by atoms with Crippen molar-refractivity contribution < 1.29 is 9.15 Å². The first-order valence-electron chi connectivity index (χ1n) is 10.9. The zero-order chi connectivity index (χ0) is 20.8. The molecule has 162 valence electrons. The Morgan fingerprint density at radius 1 is 1.00 bits per heavy atom. The first kappa shape index (κ1) is 19.1. The van der Waals surface area contributed by atoms with Crippen molar-refractivity contribution in [2.45, 2.75) is 31.3 Å². The van der Waals surface area contributed by atoms with Crippen LogP contribution in [0.25, 0.3) is 11.2 Å². The fourth-order valence-electron chi connectivity index (χ4n) is 4.34. The van der Waals surface area contributed by atoms with Gasteiger partial charge in [0.2, 0.25) is 5.95 Å². The molecule has 5 heterocycles. The van der Waals surface area contributed by atoms with Crippen molar-refractivity contribution in [1.29, 1.82) is 0 Å². The Labute approximate surface area is 184 Å². The lowest BCUT2D eigenvalue weighted by molar-refractivity contribution is 0.144. The summed E-state index contributed by atoms with van der Waals surface area (Å²) < 4.78 is 11.8. The van der Waals surface area contributed by atoms with Crippen LogP contribution in [-0.4, -0.2) is 59.2 Å². The minimum absolute atomic E-state index is 0.226. The largest absolute Gasteiger partial charge is 0.465 e. The molecule has 1 N–H and O–H groups in total. The van der Waals surface area contributed by atoms with Gasteiger partial charge in [-0.05, 0) is 37.8 Å². The summed E-state index contributed by atoms with van der Waals surface area (Å²) in [6, 6.07) is 3.78. The lowest BCUT2D eigenvalue weighted by Gasteiger charge is -2.28. The number of rotatable bonds is 5. The zero-order valence-electron chi connectivity index (χ0n) is 17.2. The van der Waals surface area contributed by atoms with E-state index in [1.54, 1.807) is 6.26 Å². The Hall–Kier alpha value is -2.65. The van der Waals surface area contributed by atoms with E-state index >= 15 is 0 Å². The summed E-state index contributed by atoms with van der Waals surface area (Å²) in [7, 11) is 0. The topological polar surface area (TPSA) is 92.4 Å². The van der Waals surface area contributed by atoms with E-state index in [0.717, 1.165) is 76.5 Å². The fourth-order valence-corrected chi connectivity index (χ4v) is 4.51. The maximum Gasteiger partial charge on any atom is 0.255 e. The van der Waals surface area contributed by atoms with Gasteiger partial charge in [0.1, 0.15) is 5.76 Å². The van der Waals surface area contributed by atoms with Crippen molar-refractivity contribution in [2.24, 2.45) is 0 Å². The quantitative estimate of drug-likeness (QED) is 0.641. The first-order valence-corrected chi connectivity index (χ1v) is 11.3. The lowest BCUT2D eigenvalue weighted by Crippen LogP contribution is -2.44. The summed E-state index contributed by atoms with van der Waals surface area (Å²) in [6.45, 7) is 5.44. The SMILES string of the molecule is Clc1nc2c(N3CCCC3)nc(N3CCNCC3)nc2nc1OC1(c2ccco2)CC1. The van der Waals surface area contributed by atoms with E-state index in [1.807, 2.05) is 12.1 Å². The van der Waals surface area contributed by atoms with Crippen LogP contribution < -0.4 is 19.9 Å². The summed E-state index contributed by atoms with van der Waals surface area (Å²) in [4.78, 5) is 23.5. The maximum absolute atomic E-state index is 6.54. The average Bonchev–Trinajstić information content (AvgIpc) is 3.21. The van der Waals surface area contributed by atoms with Gasteiger partial charge in [-0.2, -0.15) is 15.0 Å². The number of aromatic nitrogens is 4. The monoisotopic (exact) mass is 441 g/mol. The number of nitrogens with zero attached hydrogens (tertiary/aromatic N) is 6. The molecule has 31 heavy (non-hydrogen) atoms. The minimum Gasteiger partial charge on any atom is -0.465 e. The summed E-state index contributed by atoms with van der Waals surface area (Å²) >= 11 is 6.54. The molecule has 3 aromatic heterocycles. The van der Waals surface area contributed by atoms with Crippen molar-refractivity contribution in [3.63, 3.8) is 0 Å². The summed E-state index contributed by atoms with van der Waals surface area (Å²) in [5.41, 5.74) is 0.628. The molecule has 3 fully saturated rings. The number of fused-ring (bicyclic) bond motifs is 1. The fraction of sp³-hybridized carbons (Fsp3) is 0.524. The first-order chi connectivity index (χ1) is 15.2. The third-order valence-corrected chi connectivity index (χ3v) is 6.45. The molecule has 0 unspecified atom stereocenters. The van der Waals surface area contributed by atoms with Crippen LogP contribution in [0, 0.1) is 0 Å². The number of hydrogen-bond acceptors (Lipinski definition) is 9. The Kier molecular flexibility index (Phi) is 4.61. The van der Waals surface area contributed by atoms with E-state index in [9.17, 15) is 0 Å². The van der Waals surface area contributed by atoms with Gasteiger partial charge in [0.25, 0.3) is 5.88 Å². The van der Waals surface area contributed by atoms with Gasteiger partial charge in [-0.3, -0.25) is 0 Å². The Morgan fingerprint density at radius 3 is 2.52 bits per heavy atom. The van der Waals surface area contributed by atoms with Crippen molar-refractivity contribution in [3.05, 3.63) is 29.3 Å². The highest BCUT2D eigenvalue weighted by molar-refractivity contribution is 6.31. The molecule has 0 aromatic carbocycles. The van der Waals surface area contributed by atoms with E-state index < -0.39 is 5.60 Å². The Bertz CT molecular complexity index is 1090. The van der Waals surface area contributed by atoms with Crippen LogP contribution in [0.5, 0.6) is 5.88 Å². The second-order valence-corrected chi connectivity index (χ2v) is 8.70. The standard InChI is InChI=1S/C21H24ClN7O2/c22-16-19(31-21(5-6-21)14-4-3-13-30-14)25-17-15(24-16)18(28-9-1-2-10-28)27-20(26-17)29-11-7-23-8-12-29/h3-4,13,23H,1-2,5-12H2. The molecule has 6 rings (SSSR count). The highest BCUT2D eigenvalue weighted by Gasteiger charge is 2.51. The van der Waals surface area contributed by atoms with E-state index in [-0.39, 0.29) is 5.15 Å². The van der Waals surface area contributed by atoms with Gasteiger partial charge >= 0.3 is 0 Å². The minimum atomic E-state index is -0.512. The second kappa shape index (κ2) is 7.49. The molecule has 0 amide bonds. The smallest absolute Gasteiger partial charge is 0.255 e. The van der Waals surface area contributed by atoms with Gasteiger partial charge < -0.3 is 24.3 Å². The molecule has 10 heteroatoms. The van der Waals surface area contributed by atoms with Crippen LogP contribution in [0.1, 0.15) is 31.4 Å². The maximum atomic E-state index is 6.54. The van der Waals surface area contributed by atoms with Crippen LogP contribution in [-0.2, 0) is 5.60 Å². The van der Waals surface area contributed by atoms with Crippen molar-refractivity contribution in [2.75, 3.05) is 49.1 Å². The molecule has 0 radical (unpaired) electrons. The number of anilines is 2. The highest BCUT2D eigenvalue weighted by atomic mass is 35.5. The molecule has 1 aliphatic carbocycles. The third-order valence-electron chi connectivity index (χ3n) is 6.20. The number of ether oxygens (including phenoxy) is 1. The molecule has 0 atom stereocenters. The van der Waals surface area contributed by atoms with Gasteiger partial charge in [0.05, 0.1) is 6.26 Å². The molecule has 1 saturated carbocycles. The summed E-state index contributed by atoms with van der Waals surface area (Å²) in [5, 5.41) is 3.60. The number of piperazine rings is 1. The highest BCUT2D eigenvalue weighted by Crippen LogP contribution is 2.50. The summed E-state index contributed by atoms with van der Waals surface area (Å²) in [5.74, 6) is 2.57. The van der Waals surface area contributed by atoms with Crippen LogP contribution in [0.4, 0.5) is 11.8 Å². The van der Waals surface area contributed by atoms with Gasteiger partial charge in [-0.25, -0.2) is 4.98 Å². The summed E-state index contributed by atoms with van der Waals surface area (Å²) in [6.07, 6.45) is 5.64. The lowest BCUT2D eigenvalue weighted by atomic mass is 10.2. The average molecular weight is 442 g/mol. The molecular formula is C21H24ClN7O2. The molecule has 2 aliphatic heterocycles. The van der Waals surface area contributed by atoms with E-state index in [2.05, 4.69) is 20.1 Å². The van der Waals surface area contributed by atoms with E-state index in [4.69, 9.17) is 35.7 Å². The molecule has 2 saturated heterocycles. The number of hydrogen-bond donors (Lipinski definition) is 1. The van der Waals surface area contributed by atoms with E-state index in [1.165, 1.54) is 0 Å². The van der Waals surface area contributed by atoms with Gasteiger partial charge in [-0.1, -0.05) is 11.6 Å². The predicted molar refractivity (Wildman–Crippen MR) is 117 cm³/mol. The van der Waals surface area contributed by atoms with Gasteiger partial charge in [-0.15, -0.1) is 0 Å². The molecule has 3 aliphatic rings. The van der Waals surface area contributed by atoms with Crippen molar-refractivity contribution in [1.82, 2.24) is 25.3 Å². The zero-order valence-corrected chi connectivity index (χ0v) is 17.9.